The number of hydrogen-bond acceptors (Lipinski definition) is 1. The molecule has 1 nitrogen and oxygen atoms in total. The lowest BCUT2D eigenvalue weighted by Gasteiger charge is -2.19. The maximum atomic E-state index is 3.51. The number of rotatable bonds is 4. The molecule has 0 heterocycles. The van der Waals surface area contributed by atoms with Crippen LogP contribution < -0.4 is 5.32 Å². The number of nitrogens with one attached hydrogen (secondary N) is 1. The van der Waals surface area contributed by atoms with Gasteiger partial charge in [0.15, 0.2) is 0 Å². The number of hydrogen-bond donors (Lipinski definition) is 1. The predicted octanol–water partition coefficient (Wildman–Crippen LogP) is 3.19. The third kappa shape index (κ3) is 1.89. The molecule has 2 rings (SSSR count). The van der Waals surface area contributed by atoms with E-state index in [0.717, 1.165) is 19.0 Å². The molecule has 1 aromatic rings. The highest BCUT2D eigenvalue weighted by atomic mass is 14.9. The van der Waals surface area contributed by atoms with Crippen LogP contribution in [0.3, 0.4) is 0 Å². The maximum Gasteiger partial charge on any atom is 0.0107 e. The Morgan fingerprint density at radius 3 is 2.50 bits per heavy atom. The van der Waals surface area contributed by atoms with E-state index in [1.807, 2.05) is 0 Å². The number of aryl methyl sites for hydroxylation is 2. The average molecular weight is 217 g/mol. The lowest BCUT2D eigenvalue weighted by atomic mass is 9.91. The van der Waals surface area contributed by atoms with Crippen LogP contribution in [0.1, 0.15) is 37.0 Å². The van der Waals surface area contributed by atoms with Crippen LogP contribution in [0.4, 0.5) is 0 Å². The normalized spacial score (nSPS) is 28.1. The third-order valence-corrected chi connectivity index (χ3v) is 4.23. The minimum absolute atomic E-state index is 0.425. The molecule has 2 atom stereocenters. The summed E-state index contributed by atoms with van der Waals surface area (Å²) in [5.41, 5.74) is 4.78. The van der Waals surface area contributed by atoms with Crippen LogP contribution in [0.2, 0.25) is 0 Å². The molecule has 0 saturated heterocycles. The van der Waals surface area contributed by atoms with Crippen molar-refractivity contribution >= 4 is 0 Å². The molecule has 1 aliphatic rings. The van der Waals surface area contributed by atoms with E-state index in [-0.39, 0.29) is 0 Å². The molecule has 0 aromatic heterocycles. The summed E-state index contributed by atoms with van der Waals surface area (Å²) < 4.78 is 0. The summed E-state index contributed by atoms with van der Waals surface area (Å²) in [6, 6.07) is 6.97. The molecule has 0 spiro atoms. The molecule has 16 heavy (non-hydrogen) atoms. The van der Waals surface area contributed by atoms with E-state index < -0.39 is 0 Å². The van der Waals surface area contributed by atoms with Gasteiger partial charge in [-0.25, -0.2) is 0 Å². The maximum absolute atomic E-state index is 3.51. The Morgan fingerprint density at radius 2 is 2.00 bits per heavy atom. The van der Waals surface area contributed by atoms with Gasteiger partial charge < -0.3 is 5.32 Å². The zero-order chi connectivity index (χ0) is 11.8. The predicted molar refractivity (Wildman–Crippen MR) is 69.9 cm³/mol. The van der Waals surface area contributed by atoms with Gasteiger partial charge in [0.2, 0.25) is 0 Å². The van der Waals surface area contributed by atoms with Gasteiger partial charge in [0, 0.05) is 12.0 Å². The van der Waals surface area contributed by atoms with Crippen molar-refractivity contribution in [3.8, 4) is 0 Å². The molecule has 88 valence electrons. The zero-order valence-corrected chi connectivity index (χ0v) is 10.9. The molecule has 2 unspecified atom stereocenters. The van der Waals surface area contributed by atoms with Crippen molar-refractivity contribution in [3.05, 3.63) is 34.9 Å². The SMILES string of the molecule is CCNCC1(c2ccc(C)c(C)c2)CC1C. The molecule has 1 fully saturated rings. The summed E-state index contributed by atoms with van der Waals surface area (Å²) >= 11 is 0. The van der Waals surface area contributed by atoms with E-state index >= 15 is 0 Å². The van der Waals surface area contributed by atoms with Gasteiger partial charge >= 0.3 is 0 Å². The molecule has 0 aliphatic heterocycles. The average Bonchev–Trinajstić information content (AvgIpc) is 2.92. The van der Waals surface area contributed by atoms with Crippen LogP contribution >= 0.6 is 0 Å². The second kappa shape index (κ2) is 4.21. The van der Waals surface area contributed by atoms with Crippen molar-refractivity contribution in [2.45, 2.75) is 39.5 Å². The van der Waals surface area contributed by atoms with Gasteiger partial charge in [-0.05, 0) is 49.4 Å². The van der Waals surface area contributed by atoms with E-state index in [4.69, 9.17) is 0 Å². The second-order valence-corrected chi connectivity index (χ2v) is 5.34. The third-order valence-electron chi connectivity index (χ3n) is 4.23. The Kier molecular flexibility index (Phi) is 3.07. The van der Waals surface area contributed by atoms with Gasteiger partial charge in [-0.3, -0.25) is 0 Å². The van der Waals surface area contributed by atoms with Gasteiger partial charge in [0.25, 0.3) is 0 Å². The molecular weight excluding hydrogens is 194 g/mol. The van der Waals surface area contributed by atoms with Crippen LogP contribution in [-0.2, 0) is 5.41 Å². The molecule has 0 radical (unpaired) electrons. The van der Waals surface area contributed by atoms with E-state index in [0.29, 0.717) is 5.41 Å². The molecule has 0 bridgehead atoms. The summed E-state index contributed by atoms with van der Waals surface area (Å²) in [6.07, 6.45) is 1.34. The van der Waals surface area contributed by atoms with Crippen molar-refractivity contribution < 1.29 is 0 Å². The zero-order valence-electron chi connectivity index (χ0n) is 10.9. The number of benzene rings is 1. The Labute approximate surface area is 99.3 Å². The molecule has 1 aromatic carbocycles. The second-order valence-electron chi connectivity index (χ2n) is 5.34. The van der Waals surface area contributed by atoms with Crippen molar-refractivity contribution in [1.82, 2.24) is 5.32 Å². The molecule has 1 aliphatic carbocycles. The summed E-state index contributed by atoms with van der Waals surface area (Å²) in [7, 11) is 0. The van der Waals surface area contributed by atoms with Crippen LogP contribution in [0.25, 0.3) is 0 Å². The first kappa shape index (κ1) is 11.7. The van der Waals surface area contributed by atoms with Gasteiger partial charge in [-0.15, -0.1) is 0 Å². The quantitative estimate of drug-likeness (QED) is 0.816. The molecular formula is C15H23N. The van der Waals surface area contributed by atoms with E-state index in [2.05, 4.69) is 51.2 Å². The fraction of sp³-hybridized carbons (Fsp3) is 0.600. The lowest BCUT2D eigenvalue weighted by molar-refractivity contribution is 0.555. The topological polar surface area (TPSA) is 12.0 Å². The largest absolute Gasteiger partial charge is 0.316 e. The van der Waals surface area contributed by atoms with Crippen molar-refractivity contribution in [3.63, 3.8) is 0 Å². The first-order valence-electron chi connectivity index (χ1n) is 6.38. The van der Waals surface area contributed by atoms with Crippen LogP contribution in [0.15, 0.2) is 18.2 Å². The molecule has 1 heteroatoms. The Bertz CT molecular complexity index is 383. The standard InChI is InChI=1S/C15H23N/c1-5-16-10-15(9-13(15)4)14-7-6-11(2)12(3)8-14/h6-8,13,16H,5,9-10H2,1-4H3. The van der Waals surface area contributed by atoms with E-state index in [1.54, 1.807) is 0 Å². The highest BCUT2D eigenvalue weighted by Crippen LogP contribution is 2.53. The van der Waals surface area contributed by atoms with E-state index in [9.17, 15) is 0 Å². The van der Waals surface area contributed by atoms with E-state index in [1.165, 1.54) is 23.1 Å². The summed E-state index contributed by atoms with van der Waals surface area (Å²) in [4.78, 5) is 0. The van der Waals surface area contributed by atoms with Crippen LogP contribution in [0, 0.1) is 19.8 Å². The lowest BCUT2D eigenvalue weighted by Crippen LogP contribution is -2.28. The van der Waals surface area contributed by atoms with Crippen LogP contribution in [-0.4, -0.2) is 13.1 Å². The Balaban J connectivity index is 2.24. The van der Waals surface area contributed by atoms with Crippen molar-refractivity contribution in [2.75, 3.05) is 13.1 Å². The van der Waals surface area contributed by atoms with Gasteiger partial charge in [0.05, 0.1) is 0 Å². The minimum Gasteiger partial charge on any atom is -0.316 e. The first-order chi connectivity index (χ1) is 7.60. The Morgan fingerprint density at radius 1 is 1.31 bits per heavy atom. The summed E-state index contributed by atoms with van der Waals surface area (Å²) in [6.45, 7) is 11.2. The molecule has 0 amide bonds. The van der Waals surface area contributed by atoms with Gasteiger partial charge in [-0.1, -0.05) is 32.0 Å². The highest BCUT2D eigenvalue weighted by molar-refractivity contribution is 5.39. The number of likely N-dealkylation sites (N-methyl/N-ethyl adjacent to an activating group) is 1. The molecule has 1 N–H and O–H groups in total. The monoisotopic (exact) mass is 217 g/mol. The van der Waals surface area contributed by atoms with Crippen molar-refractivity contribution in [2.24, 2.45) is 5.92 Å². The fourth-order valence-corrected chi connectivity index (χ4v) is 2.64. The summed E-state index contributed by atoms with van der Waals surface area (Å²) in [5, 5.41) is 3.51. The first-order valence-corrected chi connectivity index (χ1v) is 6.38. The molecule has 1 saturated carbocycles. The highest BCUT2D eigenvalue weighted by Gasteiger charge is 2.51. The van der Waals surface area contributed by atoms with Gasteiger partial charge in [0.1, 0.15) is 0 Å². The smallest absolute Gasteiger partial charge is 0.0107 e. The summed E-state index contributed by atoms with van der Waals surface area (Å²) in [5.74, 6) is 0.827. The van der Waals surface area contributed by atoms with Crippen molar-refractivity contribution in [1.29, 1.82) is 0 Å². The fourth-order valence-electron chi connectivity index (χ4n) is 2.64. The van der Waals surface area contributed by atoms with Gasteiger partial charge in [-0.2, -0.15) is 0 Å². The van der Waals surface area contributed by atoms with Crippen LogP contribution in [0.5, 0.6) is 0 Å². The minimum atomic E-state index is 0.425. The Hall–Kier alpha value is -0.820.